The van der Waals surface area contributed by atoms with Crippen LogP contribution in [-0.2, 0) is 6.42 Å². The number of benzene rings is 1. The largest absolute Gasteiger partial charge is 0.401 e. The average Bonchev–Trinajstić information content (AvgIpc) is 2.79. The molecule has 3 aromatic rings. The molecule has 2 aromatic heterocycles. The van der Waals surface area contributed by atoms with E-state index in [1.54, 1.807) is 23.2 Å². The Morgan fingerprint density at radius 1 is 1.14 bits per heavy atom. The van der Waals surface area contributed by atoms with Gasteiger partial charge in [-0.05, 0) is 12.1 Å². The molecule has 0 unspecified atom stereocenters. The van der Waals surface area contributed by atoms with Crippen molar-refractivity contribution in [2.75, 3.05) is 61.1 Å². The summed E-state index contributed by atoms with van der Waals surface area (Å²) in [7, 11) is 0. The summed E-state index contributed by atoms with van der Waals surface area (Å²) >= 11 is 6.28. The predicted octanol–water partition coefficient (Wildman–Crippen LogP) is 1.35. The SMILES string of the molecule is N#Cc1c(N)nc(N)nc1NCCc1nc2cccc(Cl)c2c(=O)n1N1CCN(CC(F)(F)F)CC1. The maximum absolute atomic E-state index is 13.5. The number of nitrogens with one attached hydrogen (secondary N) is 1. The van der Waals surface area contributed by atoms with Crippen molar-refractivity contribution in [2.24, 2.45) is 0 Å². The monoisotopic (exact) mass is 522 g/mol. The van der Waals surface area contributed by atoms with Gasteiger partial charge in [0.15, 0.2) is 5.82 Å². The molecule has 5 N–H and O–H groups in total. The van der Waals surface area contributed by atoms with Gasteiger partial charge in [-0.15, -0.1) is 0 Å². The molecule has 1 aliphatic heterocycles. The lowest BCUT2D eigenvalue weighted by Gasteiger charge is -2.37. The molecule has 0 aliphatic carbocycles. The fraction of sp³-hybridized carbons (Fsp3) is 0.381. The second-order valence-electron chi connectivity index (χ2n) is 8.10. The van der Waals surface area contributed by atoms with E-state index in [2.05, 4.69) is 20.3 Å². The topological polar surface area (TPSA) is 155 Å². The number of hydrogen-bond acceptors (Lipinski definition) is 10. The molecule has 15 heteroatoms. The third-order valence-corrected chi connectivity index (χ3v) is 5.95. The highest BCUT2D eigenvalue weighted by molar-refractivity contribution is 6.35. The van der Waals surface area contributed by atoms with Crippen LogP contribution in [0.5, 0.6) is 0 Å². The van der Waals surface area contributed by atoms with Crippen LogP contribution >= 0.6 is 11.6 Å². The van der Waals surface area contributed by atoms with Crippen molar-refractivity contribution in [1.82, 2.24) is 24.5 Å². The Kier molecular flexibility index (Phi) is 7.04. The summed E-state index contributed by atoms with van der Waals surface area (Å²) in [5.41, 5.74) is 11.4. The Morgan fingerprint density at radius 2 is 1.86 bits per heavy atom. The molecule has 36 heavy (non-hydrogen) atoms. The van der Waals surface area contributed by atoms with E-state index in [0.717, 1.165) is 0 Å². The first kappa shape index (κ1) is 25.3. The first-order valence-corrected chi connectivity index (χ1v) is 11.3. The van der Waals surface area contributed by atoms with Gasteiger partial charge in [0.05, 0.1) is 22.5 Å². The minimum atomic E-state index is -4.30. The molecule has 0 radical (unpaired) electrons. The van der Waals surface area contributed by atoms with Gasteiger partial charge < -0.3 is 21.8 Å². The summed E-state index contributed by atoms with van der Waals surface area (Å²) in [4.78, 5) is 27.2. The standard InChI is InChI=1S/C21H22ClF3N10O/c22-13-2-1-3-14-16(13)19(36)35(34-8-6-33(7-9-34)11-21(23,24)25)15(30-14)4-5-29-18-12(10-26)17(27)31-20(28)32-18/h1-3H,4-9,11H2,(H5,27,28,29,31,32). The molecule has 1 aromatic carbocycles. The second-order valence-corrected chi connectivity index (χ2v) is 8.51. The van der Waals surface area contributed by atoms with Gasteiger partial charge in [0.1, 0.15) is 23.3 Å². The second kappa shape index (κ2) is 10.0. The maximum Gasteiger partial charge on any atom is 0.401 e. The molecular formula is C21H22ClF3N10O. The normalized spacial score (nSPS) is 14.7. The van der Waals surface area contributed by atoms with E-state index < -0.39 is 18.3 Å². The Bertz CT molecular complexity index is 1380. The third-order valence-electron chi connectivity index (χ3n) is 5.63. The quantitative estimate of drug-likeness (QED) is 0.432. The lowest BCUT2D eigenvalue weighted by Crippen LogP contribution is -2.56. The number of nitriles is 1. The zero-order valence-corrected chi connectivity index (χ0v) is 19.6. The molecule has 1 fully saturated rings. The number of anilines is 3. The molecule has 0 saturated carbocycles. The van der Waals surface area contributed by atoms with Crippen LogP contribution in [0.4, 0.5) is 30.8 Å². The highest BCUT2D eigenvalue weighted by atomic mass is 35.5. The molecule has 190 valence electrons. The molecule has 1 saturated heterocycles. The fourth-order valence-electron chi connectivity index (χ4n) is 4.06. The lowest BCUT2D eigenvalue weighted by atomic mass is 10.2. The molecule has 3 heterocycles. The van der Waals surface area contributed by atoms with Gasteiger partial charge in [0, 0.05) is 39.1 Å². The number of halogens is 4. The summed E-state index contributed by atoms with van der Waals surface area (Å²) in [6.07, 6.45) is -4.10. The molecule has 0 amide bonds. The van der Waals surface area contributed by atoms with Crippen LogP contribution in [-0.4, -0.2) is 70.0 Å². The molecule has 4 rings (SSSR count). The van der Waals surface area contributed by atoms with Crippen molar-refractivity contribution < 1.29 is 13.2 Å². The summed E-state index contributed by atoms with van der Waals surface area (Å²) in [5.74, 6) is 0.321. The Hall–Kier alpha value is -3.83. The zero-order chi connectivity index (χ0) is 26.0. The number of rotatable bonds is 6. The molecule has 11 nitrogen and oxygen atoms in total. The highest BCUT2D eigenvalue weighted by Gasteiger charge is 2.32. The lowest BCUT2D eigenvalue weighted by molar-refractivity contribution is -0.146. The van der Waals surface area contributed by atoms with Gasteiger partial charge in [-0.1, -0.05) is 17.7 Å². The van der Waals surface area contributed by atoms with Crippen LogP contribution in [0, 0.1) is 11.3 Å². The number of alkyl halides is 3. The molecule has 0 spiro atoms. The number of hydrogen-bond donors (Lipinski definition) is 3. The van der Waals surface area contributed by atoms with Crippen molar-refractivity contribution in [3.8, 4) is 6.07 Å². The van der Waals surface area contributed by atoms with Gasteiger partial charge in [-0.25, -0.2) is 9.66 Å². The number of fused-ring (bicyclic) bond motifs is 1. The van der Waals surface area contributed by atoms with Crippen molar-refractivity contribution in [3.63, 3.8) is 0 Å². The highest BCUT2D eigenvalue weighted by Crippen LogP contribution is 2.21. The Balaban J connectivity index is 1.63. The van der Waals surface area contributed by atoms with E-state index in [0.29, 0.717) is 11.3 Å². The predicted molar refractivity (Wildman–Crippen MR) is 129 cm³/mol. The maximum atomic E-state index is 13.5. The van der Waals surface area contributed by atoms with Gasteiger partial charge >= 0.3 is 6.18 Å². The van der Waals surface area contributed by atoms with E-state index >= 15 is 0 Å². The molecule has 0 bridgehead atoms. The third kappa shape index (κ3) is 5.37. The number of nitrogens with two attached hydrogens (primary N) is 2. The first-order chi connectivity index (χ1) is 17.1. The van der Waals surface area contributed by atoms with Gasteiger partial charge in [-0.2, -0.15) is 28.4 Å². The summed E-state index contributed by atoms with van der Waals surface area (Å²) in [5, 5.41) is 14.4. The average molecular weight is 523 g/mol. The van der Waals surface area contributed by atoms with Gasteiger partial charge in [-0.3, -0.25) is 9.69 Å². The van der Waals surface area contributed by atoms with Gasteiger partial charge in [0.2, 0.25) is 5.95 Å². The van der Waals surface area contributed by atoms with Crippen molar-refractivity contribution in [1.29, 1.82) is 5.26 Å². The summed E-state index contributed by atoms with van der Waals surface area (Å²) < 4.78 is 39.8. The zero-order valence-electron chi connectivity index (χ0n) is 18.9. The summed E-state index contributed by atoms with van der Waals surface area (Å²) in [6, 6.07) is 6.82. The number of nitrogens with zero attached hydrogens (tertiary/aromatic N) is 7. The van der Waals surface area contributed by atoms with E-state index in [1.807, 2.05) is 6.07 Å². The van der Waals surface area contributed by atoms with Crippen LogP contribution in [0.1, 0.15) is 11.4 Å². The summed E-state index contributed by atoms with van der Waals surface area (Å²) in [6.45, 7) is -0.209. The Labute approximate surface area is 208 Å². The molecular weight excluding hydrogens is 501 g/mol. The van der Waals surface area contributed by atoms with Crippen LogP contribution in [0.25, 0.3) is 10.9 Å². The number of nitrogen functional groups attached to an aromatic ring is 2. The van der Waals surface area contributed by atoms with Crippen LogP contribution in [0.3, 0.4) is 0 Å². The minimum Gasteiger partial charge on any atom is -0.382 e. The smallest absolute Gasteiger partial charge is 0.382 e. The fourth-order valence-corrected chi connectivity index (χ4v) is 4.31. The number of aromatic nitrogens is 4. The minimum absolute atomic E-state index is 0.0284. The van der Waals surface area contributed by atoms with Crippen molar-refractivity contribution in [3.05, 3.63) is 45.0 Å². The van der Waals surface area contributed by atoms with E-state index in [1.165, 1.54) is 9.58 Å². The molecule has 1 aliphatic rings. The van der Waals surface area contributed by atoms with Crippen LogP contribution in [0.2, 0.25) is 5.02 Å². The Morgan fingerprint density at radius 3 is 2.53 bits per heavy atom. The van der Waals surface area contributed by atoms with E-state index in [9.17, 15) is 23.2 Å². The van der Waals surface area contributed by atoms with E-state index in [-0.39, 0.29) is 72.7 Å². The molecule has 0 atom stereocenters. The first-order valence-electron chi connectivity index (χ1n) is 10.9. The van der Waals surface area contributed by atoms with Crippen LogP contribution in [0.15, 0.2) is 23.0 Å². The van der Waals surface area contributed by atoms with Crippen molar-refractivity contribution in [2.45, 2.75) is 12.6 Å². The van der Waals surface area contributed by atoms with Crippen LogP contribution < -0.4 is 27.4 Å². The van der Waals surface area contributed by atoms with Gasteiger partial charge in [0.25, 0.3) is 5.56 Å². The van der Waals surface area contributed by atoms with Crippen molar-refractivity contribution >= 4 is 40.1 Å². The number of piperazine rings is 1. The van der Waals surface area contributed by atoms with E-state index in [4.69, 9.17) is 23.1 Å².